The number of nitrogens with one attached hydrogen (secondary N) is 1. The third kappa shape index (κ3) is 4.28. The average Bonchev–Trinajstić information content (AvgIpc) is 3.17. The monoisotopic (exact) mass is 315 g/mol. The quantitative estimate of drug-likeness (QED) is 0.796. The summed E-state index contributed by atoms with van der Waals surface area (Å²) in [4.78, 5) is 8.83. The first kappa shape index (κ1) is 15.9. The van der Waals surface area contributed by atoms with E-state index in [-0.39, 0.29) is 0 Å². The number of hydrogen-bond donors (Lipinski definition) is 1. The van der Waals surface area contributed by atoms with E-state index in [2.05, 4.69) is 20.4 Å². The van der Waals surface area contributed by atoms with Crippen LogP contribution in [0.25, 0.3) is 5.82 Å². The maximum absolute atomic E-state index is 5.86. The molecule has 2 aromatic heterocycles. The highest BCUT2D eigenvalue weighted by atomic mass is 16.5. The second kappa shape index (κ2) is 7.55. The lowest BCUT2D eigenvalue weighted by Gasteiger charge is -2.11. The number of aromatic nitrogens is 4. The van der Waals surface area contributed by atoms with Crippen molar-refractivity contribution in [1.82, 2.24) is 19.7 Å². The van der Waals surface area contributed by atoms with Gasteiger partial charge in [-0.15, -0.1) is 0 Å². The lowest BCUT2D eigenvalue weighted by molar-refractivity contribution is 0.0583. The molecule has 2 heterocycles. The van der Waals surface area contributed by atoms with E-state index >= 15 is 0 Å². The van der Waals surface area contributed by atoms with Gasteiger partial charge < -0.3 is 10.1 Å². The van der Waals surface area contributed by atoms with Gasteiger partial charge in [-0.25, -0.2) is 9.67 Å². The summed E-state index contributed by atoms with van der Waals surface area (Å²) in [5.41, 5.74) is 2.03. The Bertz CT molecular complexity index is 634. The van der Waals surface area contributed by atoms with Crippen LogP contribution in [-0.2, 0) is 4.74 Å². The van der Waals surface area contributed by atoms with E-state index in [1.54, 1.807) is 12.4 Å². The van der Waals surface area contributed by atoms with Gasteiger partial charge in [-0.3, -0.25) is 4.98 Å². The largest absolute Gasteiger partial charge is 0.378 e. The summed E-state index contributed by atoms with van der Waals surface area (Å²) in [5, 5.41) is 7.75. The van der Waals surface area contributed by atoms with Crippen LogP contribution in [0.5, 0.6) is 0 Å². The van der Waals surface area contributed by atoms with Crippen LogP contribution in [0.3, 0.4) is 0 Å². The summed E-state index contributed by atoms with van der Waals surface area (Å²) in [6, 6.07) is 2.03. The maximum atomic E-state index is 5.86. The summed E-state index contributed by atoms with van der Waals surface area (Å²) in [6.07, 6.45) is 10.0. The minimum absolute atomic E-state index is 0.490. The number of anilines is 1. The molecule has 0 aliphatic heterocycles. The number of ether oxygens (including phenoxy) is 1. The molecule has 2 aromatic rings. The van der Waals surface area contributed by atoms with Crippen molar-refractivity contribution in [3.8, 4) is 5.82 Å². The molecule has 1 N–H and O–H groups in total. The van der Waals surface area contributed by atoms with Gasteiger partial charge in [-0.1, -0.05) is 12.8 Å². The van der Waals surface area contributed by atoms with Crippen molar-refractivity contribution in [2.75, 3.05) is 18.5 Å². The molecule has 0 bridgehead atoms. The Labute approximate surface area is 137 Å². The van der Waals surface area contributed by atoms with E-state index in [1.165, 1.54) is 25.7 Å². The van der Waals surface area contributed by atoms with Crippen LogP contribution in [0, 0.1) is 13.8 Å². The minimum Gasteiger partial charge on any atom is -0.378 e. The van der Waals surface area contributed by atoms with Gasteiger partial charge in [-0.05, 0) is 39.2 Å². The zero-order chi connectivity index (χ0) is 16.1. The van der Waals surface area contributed by atoms with E-state index in [4.69, 9.17) is 4.74 Å². The third-order valence-electron chi connectivity index (χ3n) is 4.13. The van der Waals surface area contributed by atoms with Crippen LogP contribution in [-0.4, -0.2) is 39.0 Å². The lowest BCUT2D eigenvalue weighted by Crippen LogP contribution is -2.13. The van der Waals surface area contributed by atoms with Gasteiger partial charge in [0.05, 0.1) is 24.2 Å². The van der Waals surface area contributed by atoms with E-state index in [9.17, 15) is 0 Å². The van der Waals surface area contributed by atoms with Gasteiger partial charge >= 0.3 is 0 Å². The Kier molecular flexibility index (Phi) is 5.23. The van der Waals surface area contributed by atoms with E-state index in [0.29, 0.717) is 6.10 Å². The molecule has 23 heavy (non-hydrogen) atoms. The van der Waals surface area contributed by atoms with Crippen LogP contribution >= 0.6 is 0 Å². The van der Waals surface area contributed by atoms with E-state index < -0.39 is 0 Å². The van der Waals surface area contributed by atoms with Crippen molar-refractivity contribution in [3.05, 3.63) is 29.8 Å². The Morgan fingerprint density at radius 1 is 1.26 bits per heavy atom. The van der Waals surface area contributed by atoms with Crippen LogP contribution < -0.4 is 5.32 Å². The highest BCUT2D eigenvalue weighted by Crippen LogP contribution is 2.20. The Morgan fingerprint density at radius 3 is 2.83 bits per heavy atom. The highest BCUT2D eigenvalue weighted by molar-refractivity contribution is 5.36. The van der Waals surface area contributed by atoms with Crippen LogP contribution in [0.15, 0.2) is 18.5 Å². The van der Waals surface area contributed by atoms with Gasteiger partial charge in [0.2, 0.25) is 0 Å². The standard InChI is InChI=1S/C17H25N5O/c1-13-10-14(2)22(21-13)17-12-18-11-16(20-17)19-8-5-9-23-15-6-3-4-7-15/h10-12,15H,3-9H2,1-2H3,(H,19,20). The first-order valence-electron chi connectivity index (χ1n) is 8.43. The van der Waals surface area contributed by atoms with Crippen LogP contribution in [0.1, 0.15) is 43.5 Å². The molecule has 0 aromatic carbocycles. The van der Waals surface area contributed by atoms with Crippen molar-refractivity contribution >= 4 is 5.82 Å². The Hall–Kier alpha value is -1.95. The summed E-state index contributed by atoms with van der Waals surface area (Å²) >= 11 is 0. The van der Waals surface area contributed by atoms with Gasteiger partial charge in [0.15, 0.2) is 5.82 Å². The van der Waals surface area contributed by atoms with Crippen molar-refractivity contribution in [2.45, 2.75) is 52.1 Å². The second-order valence-electron chi connectivity index (χ2n) is 6.16. The van der Waals surface area contributed by atoms with Crippen LogP contribution in [0.2, 0.25) is 0 Å². The molecule has 6 heteroatoms. The van der Waals surface area contributed by atoms with E-state index in [0.717, 1.165) is 42.6 Å². The van der Waals surface area contributed by atoms with Crippen LogP contribution in [0.4, 0.5) is 5.82 Å². The second-order valence-corrected chi connectivity index (χ2v) is 6.16. The predicted octanol–water partition coefficient (Wildman–Crippen LogP) is 3.04. The minimum atomic E-state index is 0.490. The molecule has 124 valence electrons. The first-order valence-corrected chi connectivity index (χ1v) is 8.43. The molecule has 1 aliphatic rings. The zero-order valence-electron chi connectivity index (χ0n) is 14.0. The van der Waals surface area contributed by atoms with Gasteiger partial charge in [-0.2, -0.15) is 5.10 Å². The van der Waals surface area contributed by atoms with Gasteiger partial charge in [0.1, 0.15) is 5.82 Å². The third-order valence-corrected chi connectivity index (χ3v) is 4.13. The molecular formula is C17H25N5O. The zero-order valence-corrected chi connectivity index (χ0v) is 14.0. The fourth-order valence-corrected chi connectivity index (χ4v) is 3.00. The average molecular weight is 315 g/mol. The summed E-state index contributed by atoms with van der Waals surface area (Å²) in [5.74, 6) is 1.51. The molecule has 1 fully saturated rings. The SMILES string of the molecule is Cc1cc(C)n(-c2cncc(NCCCOC3CCCC3)n2)n1. The lowest BCUT2D eigenvalue weighted by atomic mass is 10.3. The molecule has 1 saturated carbocycles. The summed E-state index contributed by atoms with van der Waals surface area (Å²) in [7, 11) is 0. The number of aryl methyl sites for hydroxylation is 2. The summed E-state index contributed by atoms with van der Waals surface area (Å²) < 4.78 is 7.68. The highest BCUT2D eigenvalue weighted by Gasteiger charge is 2.14. The molecule has 0 atom stereocenters. The number of nitrogens with zero attached hydrogens (tertiary/aromatic N) is 4. The Morgan fingerprint density at radius 2 is 2.09 bits per heavy atom. The molecule has 1 aliphatic carbocycles. The van der Waals surface area contributed by atoms with Crippen molar-refractivity contribution in [1.29, 1.82) is 0 Å². The Balaban J connectivity index is 1.48. The molecule has 6 nitrogen and oxygen atoms in total. The molecule has 0 amide bonds. The van der Waals surface area contributed by atoms with Crippen molar-refractivity contribution in [2.24, 2.45) is 0 Å². The molecular weight excluding hydrogens is 290 g/mol. The summed E-state index contributed by atoms with van der Waals surface area (Å²) in [6.45, 7) is 5.63. The first-order chi connectivity index (χ1) is 11.2. The molecule has 0 saturated heterocycles. The molecule has 0 radical (unpaired) electrons. The fraction of sp³-hybridized carbons (Fsp3) is 0.588. The number of hydrogen-bond acceptors (Lipinski definition) is 5. The van der Waals surface area contributed by atoms with Gasteiger partial charge in [0, 0.05) is 18.8 Å². The predicted molar refractivity (Wildman–Crippen MR) is 89.9 cm³/mol. The number of rotatable bonds is 7. The molecule has 0 unspecified atom stereocenters. The maximum Gasteiger partial charge on any atom is 0.174 e. The fourth-order valence-electron chi connectivity index (χ4n) is 3.00. The topological polar surface area (TPSA) is 64.9 Å². The van der Waals surface area contributed by atoms with Gasteiger partial charge in [0.25, 0.3) is 0 Å². The smallest absolute Gasteiger partial charge is 0.174 e. The molecule has 3 rings (SSSR count). The molecule has 0 spiro atoms. The van der Waals surface area contributed by atoms with Crippen molar-refractivity contribution in [3.63, 3.8) is 0 Å². The van der Waals surface area contributed by atoms with Crippen molar-refractivity contribution < 1.29 is 4.74 Å². The van der Waals surface area contributed by atoms with E-state index in [1.807, 2.05) is 24.6 Å². The normalized spacial score (nSPS) is 15.2.